The molecule has 0 radical (unpaired) electrons. The van der Waals surface area contributed by atoms with E-state index in [2.05, 4.69) is 25.9 Å². The number of hydrogen-bond acceptors (Lipinski definition) is 9. The number of nitrogens with zero attached hydrogens (tertiary/aromatic N) is 2. The van der Waals surface area contributed by atoms with Gasteiger partial charge in [0.05, 0.1) is 30.8 Å². The summed E-state index contributed by atoms with van der Waals surface area (Å²) in [5.41, 5.74) is 9.73. The molecule has 10 nitrogen and oxygen atoms in total. The Morgan fingerprint density at radius 1 is 0.927 bits per heavy atom. The van der Waals surface area contributed by atoms with Gasteiger partial charge in [0.2, 0.25) is 5.91 Å². The molecule has 5 rings (SSSR count). The van der Waals surface area contributed by atoms with Gasteiger partial charge in [-0.15, -0.1) is 0 Å². The number of amides is 1. The van der Waals surface area contributed by atoms with Crippen LogP contribution in [0, 0.1) is 6.92 Å². The highest BCUT2D eigenvalue weighted by molar-refractivity contribution is 5.98. The first-order valence-electron chi connectivity index (χ1n) is 13.5. The number of ether oxygens (including phenoxy) is 2. The highest BCUT2D eigenvalue weighted by Crippen LogP contribution is 2.31. The van der Waals surface area contributed by atoms with Crippen molar-refractivity contribution in [3.8, 4) is 11.5 Å². The van der Waals surface area contributed by atoms with Crippen molar-refractivity contribution in [1.82, 2.24) is 9.97 Å². The first-order chi connectivity index (χ1) is 19.7. The van der Waals surface area contributed by atoms with Crippen molar-refractivity contribution in [1.29, 1.82) is 0 Å². The number of anilines is 4. The minimum absolute atomic E-state index is 0.0562. The zero-order chi connectivity index (χ0) is 29.8. The number of carbonyl (C=O) groups is 1. The Morgan fingerprint density at radius 3 is 2.00 bits per heavy atom. The molecule has 1 saturated carbocycles. The van der Waals surface area contributed by atoms with E-state index in [1.165, 1.54) is 0 Å². The van der Waals surface area contributed by atoms with Gasteiger partial charge in [-0.3, -0.25) is 4.79 Å². The molecule has 4 aromatic rings. The number of fused-ring (bicyclic) bond motifs is 1. The van der Waals surface area contributed by atoms with Crippen LogP contribution < -0.4 is 31.2 Å². The van der Waals surface area contributed by atoms with E-state index in [0.717, 1.165) is 47.2 Å². The van der Waals surface area contributed by atoms with Gasteiger partial charge in [0.15, 0.2) is 11.6 Å². The second-order valence-electron chi connectivity index (χ2n) is 9.54. The van der Waals surface area contributed by atoms with Crippen LogP contribution in [-0.2, 0) is 4.79 Å². The van der Waals surface area contributed by atoms with Crippen molar-refractivity contribution in [2.24, 2.45) is 5.73 Å². The quantitative estimate of drug-likeness (QED) is 0.205. The summed E-state index contributed by atoms with van der Waals surface area (Å²) in [4.78, 5) is 21.0. The van der Waals surface area contributed by atoms with Crippen LogP contribution in [0.5, 0.6) is 11.5 Å². The summed E-state index contributed by atoms with van der Waals surface area (Å²) in [6.07, 6.45) is 2.65. The van der Waals surface area contributed by atoms with Crippen LogP contribution in [-0.4, -0.2) is 54.4 Å². The lowest BCUT2D eigenvalue weighted by Gasteiger charge is -2.36. The van der Waals surface area contributed by atoms with Gasteiger partial charge in [0, 0.05) is 43.2 Å². The van der Waals surface area contributed by atoms with Crippen LogP contribution in [0.2, 0.25) is 0 Å². The van der Waals surface area contributed by atoms with Gasteiger partial charge in [-0.1, -0.05) is 24.3 Å². The first-order valence-corrected chi connectivity index (χ1v) is 13.5. The third kappa shape index (κ3) is 8.54. The number of benzene rings is 3. The monoisotopic (exact) mass is 560 g/mol. The van der Waals surface area contributed by atoms with E-state index in [1.54, 1.807) is 21.1 Å². The first kappa shape index (κ1) is 31.1. The molecular weight excluding hydrogens is 520 g/mol. The molecule has 1 aromatic heterocycles. The summed E-state index contributed by atoms with van der Waals surface area (Å²) < 4.78 is 10.6. The number of aryl methyl sites for hydroxylation is 1. The molecule has 41 heavy (non-hydrogen) atoms. The van der Waals surface area contributed by atoms with E-state index in [9.17, 15) is 4.79 Å². The zero-order valence-electron chi connectivity index (χ0n) is 24.3. The maximum atomic E-state index is 11.8. The number of aliphatic hydroxyl groups excluding tert-OH is 1. The highest BCUT2D eigenvalue weighted by Gasteiger charge is 2.40. The number of aromatic nitrogens is 2. The molecule has 1 aliphatic rings. The summed E-state index contributed by atoms with van der Waals surface area (Å²) in [5.74, 6) is 2.66. The van der Waals surface area contributed by atoms with Crippen molar-refractivity contribution in [2.75, 3.05) is 43.8 Å². The average Bonchev–Trinajstić information content (AvgIpc) is 2.96. The number of nitrogens with two attached hydrogens (primary N) is 1. The second-order valence-corrected chi connectivity index (χ2v) is 9.54. The Bertz CT molecular complexity index is 1420. The average molecular weight is 561 g/mol. The molecule has 0 saturated heterocycles. The Kier molecular flexibility index (Phi) is 11.3. The van der Waals surface area contributed by atoms with Gasteiger partial charge in [-0.2, -0.15) is 0 Å². The van der Waals surface area contributed by atoms with Crippen LogP contribution in [0.1, 0.15) is 31.7 Å². The molecule has 1 fully saturated rings. The van der Waals surface area contributed by atoms with Crippen LogP contribution in [0.3, 0.4) is 0 Å². The minimum atomic E-state index is -0.621. The van der Waals surface area contributed by atoms with E-state index in [-0.39, 0.29) is 12.5 Å². The van der Waals surface area contributed by atoms with Gasteiger partial charge in [0.25, 0.3) is 0 Å². The number of nitrogens with one attached hydrogen (secondary N) is 3. The smallest absolute Gasteiger partial charge is 0.244 e. The Hall–Kier alpha value is -4.41. The standard InChI is InChI=1S/C17H18N4O2.C12H16N2O.C2H6O/c1-18-16-17(21-15-7-5-4-6-14(15)20-16)19-11-8-12(22-2)10-13(9-11)23-3;1-9-4-2-5-10(8-9)14-11(15)12(13)6-3-7-12;1-2-3/h4-10H,1-3H3,(H,18,20)(H,19,21);2,4-5,8H,3,6-7,13H2,1H3,(H,14,15);3H,2H2,1H3. The number of rotatable bonds is 7. The number of carbonyl (C=O) groups excluding carboxylic acids is 1. The third-order valence-electron chi connectivity index (χ3n) is 6.40. The van der Waals surface area contributed by atoms with Gasteiger partial charge in [-0.05, 0) is 62.9 Å². The fourth-order valence-electron chi connectivity index (χ4n) is 4.04. The summed E-state index contributed by atoms with van der Waals surface area (Å²) in [6, 6.07) is 21.1. The van der Waals surface area contributed by atoms with Gasteiger partial charge in [0.1, 0.15) is 11.5 Å². The fraction of sp³-hybridized carbons (Fsp3) is 0.323. The number of aliphatic hydroxyl groups is 1. The van der Waals surface area contributed by atoms with Crippen LogP contribution in [0.25, 0.3) is 11.0 Å². The molecule has 0 bridgehead atoms. The lowest BCUT2D eigenvalue weighted by Crippen LogP contribution is -2.56. The van der Waals surface area contributed by atoms with Gasteiger partial charge >= 0.3 is 0 Å². The number of methoxy groups -OCH3 is 2. The Labute approximate surface area is 241 Å². The summed E-state index contributed by atoms with van der Waals surface area (Å²) in [6.45, 7) is 3.93. The molecule has 0 unspecified atom stereocenters. The SMILES string of the molecule is CCO.CNc1nc2ccccc2nc1Nc1cc(OC)cc(OC)c1.Cc1cccc(NC(=O)C2(N)CCC2)c1. The largest absolute Gasteiger partial charge is 0.497 e. The summed E-state index contributed by atoms with van der Waals surface area (Å²) in [5, 5.41) is 16.8. The van der Waals surface area contributed by atoms with Crippen LogP contribution in [0.4, 0.5) is 23.0 Å². The fourth-order valence-corrected chi connectivity index (χ4v) is 4.04. The van der Waals surface area contributed by atoms with Crippen molar-refractivity contribution >= 4 is 40.0 Å². The van der Waals surface area contributed by atoms with Crippen LogP contribution >= 0.6 is 0 Å². The predicted octanol–water partition coefficient (Wildman–Crippen LogP) is 5.25. The van der Waals surface area contributed by atoms with Gasteiger partial charge < -0.3 is 36.3 Å². The molecule has 10 heteroatoms. The molecule has 1 amide bonds. The van der Waals surface area contributed by atoms with E-state index in [4.69, 9.17) is 20.3 Å². The van der Waals surface area contributed by atoms with Gasteiger partial charge in [-0.25, -0.2) is 9.97 Å². The van der Waals surface area contributed by atoms with Crippen molar-refractivity contribution in [3.63, 3.8) is 0 Å². The zero-order valence-corrected chi connectivity index (χ0v) is 24.3. The van der Waals surface area contributed by atoms with E-state index in [1.807, 2.05) is 80.7 Å². The third-order valence-corrected chi connectivity index (χ3v) is 6.40. The molecule has 1 aliphatic carbocycles. The highest BCUT2D eigenvalue weighted by atomic mass is 16.5. The van der Waals surface area contributed by atoms with Crippen LogP contribution in [0.15, 0.2) is 66.7 Å². The van der Waals surface area contributed by atoms with Crippen molar-refractivity contribution in [3.05, 3.63) is 72.3 Å². The maximum absolute atomic E-state index is 11.8. The lowest BCUT2D eigenvalue weighted by molar-refractivity contribution is -0.123. The number of hydrogen-bond donors (Lipinski definition) is 5. The topological polar surface area (TPSA) is 144 Å². The summed E-state index contributed by atoms with van der Waals surface area (Å²) >= 11 is 0. The molecule has 6 N–H and O–H groups in total. The molecular formula is C31H40N6O4. The lowest BCUT2D eigenvalue weighted by atomic mass is 9.77. The van der Waals surface area contributed by atoms with Crippen molar-refractivity contribution in [2.45, 2.75) is 38.6 Å². The Morgan fingerprint density at radius 2 is 1.51 bits per heavy atom. The molecule has 0 spiro atoms. The van der Waals surface area contributed by atoms with E-state index >= 15 is 0 Å². The normalized spacial score (nSPS) is 12.9. The van der Waals surface area contributed by atoms with Crippen molar-refractivity contribution < 1.29 is 19.4 Å². The molecule has 218 valence electrons. The van der Waals surface area contributed by atoms with E-state index < -0.39 is 5.54 Å². The Balaban J connectivity index is 0.000000221. The molecule has 1 heterocycles. The molecule has 3 aromatic carbocycles. The summed E-state index contributed by atoms with van der Waals surface area (Å²) in [7, 11) is 5.05. The number of para-hydroxylation sites is 2. The maximum Gasteiger partial charge on any atom is 0.244 e. The second kappa shape index (κ2) is 14.8. The molecule has 0 atom stereocenters. The minimum Gasteiger partial charge on any atom is -0.497 e. The predicted molar refractivity (Wildman–Crippen MR) is 165 cm³/mol. The molecule has 0 aliphatic heterocycles. The van der Waals surface area contributed by atoms with E-state index in [0.29, 0.717) is 23.1 Å².